The Hall–Kier alpha value is -3.09. The topological polar surface area (TPSA) is 48.7 Å². The molecule has 4 aromatic carbocycles. The monoisotopic (exact) mass is 564 g/mol. The van der Waals surface area contributed by atoms with Gasteiger partial charge in [0, 0.05) is 26.5 Å². The largest absolute Gasteiger partial charge is 0.489 e. The Morgan fingerprint density at radius 1 is 0.697 bits per heavy atom. The third-order valence-electron chi connectivity index (χ3n) is 5.28. The summed E-state index contributed by atoms with van der Waals surface area (Å²) < 4.78 is 20.0. The van der Waals surface area contributed by atoms with Gasteiger partial charge in [0.05, 0.1) is 10.8 Å². The lowest BCUT2D eigenvalue weighted by Gasteiger charge is -2.14. The van der Waals surface area contributed by atoms with E-state index in [1.807, 2.05) is 72.8 Å². The van der Waals surface area contributed by atoms with E-state index in [4.69, 9.17) is 13.9 Å². The first-order chi connectivity index (χ1) is 16.1. The van der Waals surface area contributed by atoms with Crippen LogP contribution in [-0.4, -0.2) is 0 Å². The molecular weight excluding hydrogens is 548 g/mol. The summed E-state index contributed by atoms with van der Waals surface area (Å²) in [5.41, 5.74) is 2.09. The zero-order valence-corrected chi connectivity index (χ0v) is 20.6. The smallest absolute Gasteiger partial charge is 0.344 e. The molecule has 0 saturated heterocycles. The molecule has 0 fully saturated rings. The molecule has 0 bridgehead atoms. The van der Waals surface area contributed by atoms with E-state index in [2.05, 4.69) is 31.9 Å². The number of hydrogen-bond acceptors (Lipinski definition) is 4. The summed E-state index contributed by atoms with van der Waals surface area (Å²) in [6.07, 6.45) is 0. The van der Waals surface area contributed by atoms with Crippen LogP contribution in [0.3, 0.4) is 0 Å². The van der Waals surface area contributed by atoms with Crippen LogP contribution in [-0.2, 0) is 13.2 Å². The van der Waals surface area contributed by atoms with Crippen LogP contribution >= 0.6 is 31.9 Å². The molecule has 6 heteroatoms. The molecule has 1 heterocycles. The van der Waals surface area contributed by atoms with Gasteiger partial charge in [-0.25, -0.2) is 4.79 Å². The van der Waals surface area contributed by atoms with Crippen LogP contribution in [0.1, 0.15) is 11.1 Å². The van der Waals surface area contributed by atoms with Crippen LogP contribution in [0.15, 0.2) is 103 Å². The predicted octanol–water partition coefficient (Wildman–Crippen LogP) is 7.63. The van der Waals surface area contributed by atoms with E-state index in [1.54, 1.807) is 12.1 Å². The maximum absolute atomic E-state index is 12.6. The molecule has 0 N–H and O–H groups in total. The number of halogens is 2. The summed E-state index contributed by atoms with van der Waals surface area (Å²) in [6.45, 7) is 0.745. The first-order valence-electron chi connectivity index (χ1n) is 10.3. The highest BCUT2D eigenvalue weighted by molar-refractivity contribution is 9.10. The van der Waals surface area contributed by atoms with E-state index >= 15 is 0 Å². The summed E-state index contributed by atoms with van der Waals surface area (Å²) in [5.74, 6) is 1.16. The van der Waals surface area contributed by atoms with Gasteiger partial charge < -0.3 is 13.9 Å². The molecular formula is C27H18Br2O4. The summed E-state index contributed by atoms with van der Waals surface area (Å²) in [6, 6.07) is 26.9. The molecule has 5 aromatic rings. The Bertz CT molecular complexity index is 1490. The van der Waals surface area contributed by atoms with Crippen LogP contribution in [0.5, 0.6) is 11.5 Å². The van der Waals surface area contributed by atoms with Gasteiger partial charge in [0.15, 0.2) is 0 Å². The molecule has 5 rings (SSSR count). The third-order valence-corrected chi connectivity index (χ3v) is 6.34. The number of hydrogen-bond donors (Lipinski definition) is 0. The van der Waals surface area contributed by atoms with Crippen molar-refractivity contribution in [1.82, 2.24) is 0 Å². The van der Waals surface area contributed by atoms with Gasteiger partial charge in [0.1, 0.15) is 30.3 Å². The maximum Gasteiger partial charge on any atom is 0.344 e. The van der Waals surface area contributed by atoms with Gasteiger partial charge in [-0.2, -0.15) is 0 Å². The molecule has 1 aromatic heterocycles. The lowest BCUT2D eigenvalue weighted by molar-refractivity contribution is 0.292. The molecule has 0 aliphatic carbocycles. The Morgan fingerprint density at radius 2 is 1.27 bits per heavy atom. The van der Waals surface area contributed by atoms with Crippen LogP contribution in [0.2, 0.25) is 0 Å². The number of ether oxygens (including phenoxy) is 2. The molecule has 0 saturated carbocycles. The second kappa shape index (κ2) is 9.41. The minimum atomic E-state index is -0.387. The fraction of sp³-hybridized carbons (Fsp3) is 0.0741. The molecule has 0 radical (unpaired) electrons. The lowest BCUT2D eigenvalue weighted by Crippen LogP contribution is -2.03. The second-order valence-electron chi connectivity index (χ2n) is 7.56. The van der Waals surface area contributed by atoms with Crippen molar-refractivity contribution in [2.75, 3.05) is 0 Å². The van der Waals surface area contributed by atoms with Crippen molar-refractivity contribution in [1.29, 1.82) is 0 Å². The van der Waals surface area contributed by atoms with Crippen molar-refractivity contribution >= 4 is 53.6 Å². The van der Waals surface area contributed by atoms with Gasteiger partial charge in [0.25, 0.3) is 0 Å². The third kappa shape index (κ3) is 4.82. The lowest BCUT2D eigenvalue weighted by atomic mass is 10.1. The first-order valence-corrected chi connectivity index (χ1v) is 11.9. The normalized spacial score (nSPS) is 11.1. The van der Waals surface area contributed by atoms with Crippen molar-refractivity contribution in [3.63, 3.8) is 0 Å². The van der Waals surface area contributed by atoms with Crippen molar-refractivity contribution in [3.05, 3.63) is 115 Å². The fourth-order valence-corrected chi connectivity index (χ4v) is 4.16. The summed E-state index contributed by atoms with van der Waals surface area (Å²) in [7, 11) is 0. The van der Waals surface area contributed by atoms with Crippen molar-refractivity contribution in [2.45, 2.75) is 13.2 Å². The molecule has 0 spiro atoms. The van der Waals surface area contributed by atoms with Crippen LogP contribution in [0, 0.1) is 0 Å². The van der Waals surface area contributed by atoms with Gasteiger partial charge in [-0.1, -0.05) is 74.3 Å². The highest BCUT2D eigenvalue weighted by atomic mass is 79.9. The molecule has 0 unspecified atom stereocenters. The minimum absolute atomic E-state index is 0.367. The van der Waals surface area contributed by atoms with E-state index < -0.39 is 0 Å². The number of fused-ring (bicyclic) bond motifs is 3. The summed E-state index contributed by atoms with van der Waals surface area (Å²) >= 11 is 6.90. The molecule has 0 atom stereocenters. The second-order valence-corrected chi connectivity index (χ2v) is 9.39. The molecule has 33 heavy (non-hydrogen) atoms. The Morgan fingerprint density at radius 3 is 1.91 bits per heavy atom. The zero-order valence-electron chi connectivity index (χ0n) is 17.4. The van der Waals surface area contributed by atoms with Gasteiger partial charge in [0.2, 0.25) is 0 Å². The predicted molar refractivity (Wildman–Crippen MR) is 137 cm³/mol. The molecule has 4 nitrogen and oxygen atoms in total. The van der Waals surface area contributed by atoms with Crippen LogP contribution < -0.4 is 15.1 Å². The zero-order chi connectivity index (χ0) is 22.8. The van der Waals surface area contributed by atoms with Crippen LogP contribution in [0.25, 0.3) is 21.7 Å². The maximum atomic E-state index is 12.6. The summed E-state index contributed by atoms with van der Waals surface area (Å²) in [5, 5.41) is 2.05. The highest BCUT2D eigenvalue weighted by Gasteiger charge is 2.15. The molecule has 0 aliphatic rings. The fourth-order valence-electron chi connectivity index (χ4n) is 3.63. The van der Waals surface area contributed by atoms with E-state index in [0.717, 1.165) is 30.8 Å². The van der Waals surface area contributed by atoms with Crippen LogP contribution in [0.4, 0.5) is 0 Å². The van der Waals surface area contributed by atoms with E-state index in [0.29, 0.717) is 35.7 Å². The molecule has 0 amide bonds. The Labute approximate surface area is 207 Å². The Balaban J connectivity index is 1.55. The quantitative estimate of drug-likeness (QED) is 0.157. The summed E-state index contributed by atoms with van der Waals surface area (Å²) in [4.78, 5) is 12.6. The van der Waals surface area contributed by atoms with Gasteiger partial charge in [-0.15, -0.1) is 0 Å². The SMILES string of the molecule is O=c1oc2cc(OCc3ccc(Br)cc3)cc(OCc3ccc(Br)cc3)c2c2ccccc12. The van der Waals surface area contributed by atoms with E-state index in [1.165, 1.54) is 0 Å². The molecule has 0 aliphatic heterocycles. The van der Waals surface area contributed by atoms with Crippen molar-refractivity contribution < 1.29 is 13.9 Å². The average molecular weight is 566 g/mol. The molecule has 164 valence electrons. The first kappa shape index (κ1) is 21.7. The van der Waals surface area contributed by atoms with E-state index in [9.17, 15) is 4.79 Å². The van der Waals surface area contributed by atoms with E-state index in [-0.39, 0.29) is 5.63 Å². The average Bonchev–Trinajstić information content (AvgIpc) is 2.83. The van der Waals surface area contributed by atoms with Gasteiger partial charge in [-0.05, 0) is 41.5 Å². The van der Waals surface area contributed by atoms with Crippen molar-refractivity contribution in [3.8, 4) is 11.5 Å². The Kier molecular flexibility index (Phi) is 6.20. The standard InChI is InChI=1S/C27H18Br2O4/c28-19-9-5-17(6-10-19)15-31-21-13-24(32-16-18-7-11-20(29)12-8-18)26-22-3-1-2-4-23(22)27(30)33-25(26)14-21/h1-14H,15-16H2. The minimum Gasteiger partial charge on any atom is -0.489 e. The van der Waals surface area contributed by atoms with Crippen molar-refractivity contribution in [2.24, 2.45) is 0 Å². The number of rotatable bonds is 6. The van der Waals surface area contributed by atoms with Gasteiger partial charge in [-0.3, -0.25) is 0 Å². The number of benzene rings is 4. The highest BCUT2D eigenvalue weighted by Crippen LogP contribution is 2.36. The van der Waals surface area contributed by atoms with Gasteiger partial charge >= 0.3 is 5.63 Å².